The molecule has 0 saturated carbocycles. The zero-order valence-electron chi connectivity index (χ0n) is 15.3. The number of ether oxygens (including phenoxy) is 4. The quantitative estimate of drug-likeness (QED) is 0.629. The number of nitrogens with one attached hydrogen (secondary N) is 1. The fraction of sp³-hybridized carbons (Fsp3) is 0.211. The summed E-state index contributed by atoms with van der Waals surface area (Å²) in [6.07, 6.45) is 0. The number of methoxy groups -OCH3 is 4. The van der Waals surface area contributed by atoms with Crippen LogP contribution < -0.4 is 24.3 Å². The summed E-state index contributed by atoms with van der Waals surface area (Å²) in [4.78, 5) is 4.51. The number of hydrogen-bond acceptors (Lipinski definition) is 7. The molecule has 8 heteroatoms. The van der Waals surface area contributed by atoms with E-state index in [1.807, 2.05) is 5.38 Å². The minimum Gasteiger partial charge on any atom is -0.494 e. The van der Waals surface area contributed by atoms with E-state index < -0.39 is 5.82 Å². The SMILES string of the molecule is COc1ccc(-c2csc(Nc3cc(OC)c(OC)c(OC)c3)n2)cc1F. The molecule has 1 aromatic heterocycles. The number of hydrogen-bond donors (Lipinski definition) is 1. The number of rotatable bonds is 7. The lowest BCUT2D eigenvalue weighted by atomic mass is 10.1. The molecule has 0 unspecified atom stereocenters. The first kappa shape index (κ1) is 18.8. The monoisotopic (exact) mass is 390 g/mol. The van der Waals surface area contributed by atoms with Gasteiger partial charge in [0.05, 0.1) is 34.1 Å². The zero-order chi connectivity index (χ0) is 19.4. The van der Waals surface area contributed by atoms with Crippen molar-refractivity contribution in [3.63, 3.8) is 0 Å². The van der Waals surface area contributed by atoms with Crippen LogP contribution in [0, 0.1) is 5.82 Å². The molecule has 0 atom stereocenters. The molecule has 0 aliphatic heterocycles. The highest BCUT2D eigenvalue weighted by Crippen LogP contribution is 2.41. The molecule has 3 rings (SSSR count). The molecule has 3 aromatic rings. The molecule has 0 bridgehead atoms. The summed E-state index contributed by atoms with van der Waals surface area (Å²) >= 11 is 1.40. The fourth-order valence-electron chi connectivity index (χ4n) is 2.57. The molecule has 6 nitrogen and oxygen atoms in total. The van der Waals surface area contributed by atoms with Gasteiger partial charge in [0.15, 0.2) is 28.2 Å². The van der Waals surface area contributed by atoms with Crippen LogP contribution in [-0.2, 0) is 0 Å². The summed E-state index contributed by atoms with van der Waals surface area (Å²) in [5.41, 5.74) is 2.06. The third-order valence-corrected chi connectivity index (χ3v) is 4.63. The van der Waals surface area contributed by atoms with Crippen molar-refractivity contribution < 1.29 is 23.3 Å². The van der Waals surface area contributed by atoms with Crippen molar-refractivity contribution in [1.82, 2.24) is 4.98 Å². The molecule has 0 spiro atoms. The molecule has 27 heavy (non-hydrogen) atoms. The highest BCUT2D eigenvalue weighted by molar-refractivity contribution is 7.14. The van der Waals surface area contributed by atoms with Gasteiger partial charge < -0.3 is 24.3 Å². The van der Waals surface area contributed by atoms with Crippen LogP contribution in [0.4, 0.5) is 15.2 Å². The second-order valence-electron chi connectivity index (χ2n) is 5.43. The van der Waals surface area contributed by atoms with Crippen LogP contribution in [0.25, 0.3) is 11.3 Å². The molecular weight excluding hydrogens is 371 g/mol. The summed E-state index contributed by atoms with van der Waals surface area (Å²) in [5.74, 6) is 1.35. The van der Waals surface area contributed by atoms with E-state index in [9.17, 15) is 4.39 Å². The predicted octanol–water partition coefficient (Wildman–Crippen LogP) is 4.73. The average molecular weight is 390 g/mol. The summed E-state index contributed by atoms with van der Waals surface area (Å²) in [6.45, 7) is 0. The number of nitrogens with zero attached hydrogens (tertiary/aromatic N) is 1. The van der Waals surface area contributed by atoms with Crippen LogP contribution in [0.3, 0.4) is 0 Å². The Kier molecular flexibility index (Phi) is 5.66. The summed E-state index contributed by atoms with van der Waals surface area (Å²) < 4.78 is 34.9. The predicted molar refractivity (Wildman–Crippen MR) is 103 cm³/mol. The average Bonchev–Trinajstić information content (AvgIpc) is 3.15. The Labute approximate surface area is 160 Å². The maximum atomic E-state index is 13.9. The lowest BCUT2D eigenvalue weighted by molar-refractivity contribution is 0.324. The topological polar surface area (TPSA) is 61.8 Å². The van der Waals surface area contributed by atoms with Crippen molar-refractivity contribution in [3.05, 3.63) is 41.5 Å². The summed E-state index contributed by atoms with van der Waals surface area (Å²) in [5, 5.41) is 5.70. The first-order valence-electron chi connectivity index (χ1n) is 7.96. The van der Waals surface area contributed by atoms with E-state index >= 15 is 0 Å². The molecule has 0 aliphatic carbocycles. The fourth-order valence-corrected chi connectivity index (χ4v) is 3.31. The Balaban J connectivity index is 1.87. The maximum Gasteiger partial charge on any atom is 0.203 e. The Morgan fingerprint density at radius 3 is 2.11 bits per heavy atom. The van der Waals surface area contributed by atoms with E-state index in [0.717, 1.165) is 5.69 Å². The van der Waals surface area contributed by atoms with Gasteiger partial charge in [-0.2, -0.15) is 0 Å². The first-order chi connectivity index (χ1) is 13.1. The first-order valence-corrected chi connectivity index (χ1v) is 8.84. The number of thiazole rings is 1. The van der Waals surface area contributed by atoms with Crippen LogP contribution >= 0.6 is 11.3 Å². The molecule has 0 aliphatic rings. The molecule has 1 N–H and O–H groups in total. The number of benzene rings is 2. The molecule has 0 radical (unpaired) electrons. The second-order valence-corrected chi connectivity index (χ2v) is 6.28. The van der Waals surface area contributed by atoms with E-state index in [1.54, 1.807) is 45.6 Å². The van der Waals surface area contributed by atoms with Gasteiger partial charge in [0.1, 0.15) is 0 Å². The molecule has 1 heterocycles. The number of anilines is 2. The van der Waals surface area contributed by atoms with Gasteiger partial charge in [0, 0.05) is 28.8 Å². The number of halogens is 1. The van der Waals surface area contributed by atoms with Gasteiger partial charge in [-0.1, -0.05) is 0 Å². The third-order valence-electron chi connectivity index (χ3n) is 3.87. The van der Waals surface area contributed by atoms with E-state index in [-0.39, 0.29) is 5.75 Å². The van der Waals surface area contributed by atoms with E-state index in [2.05, 4.69) is 10.3 Å². The Bertz CT molecular complexity index is 920. The van der Waals surface area contributed by atoms with Gasteiger partial charge in [-0.05, 0) is 18.2 Å². The van der Waals surface area contributed by atoms with Crippen LogP contribution in [0.2, 0.25) is 0 Å². The van der Waals surface area contributed by atoms with Crippen molar-refractivity contribution in [3.8, 4) is 34.3 Å². The highest BCUT2D eigenvalue weighted by Gasteiger charge is 2.14. The van der Waals surface area contributed by atoms with Gasteiger partial charge in [-0.3, -0.25) is 0 Å². The van der Waals surface area contributed by atoms with Crippen molar-refractivity contribution in [2.75, 3.05) is 33.8 Å². The van der Waals surface area contributed by atoms with Gasteiger partial charge in [-0.25, -0.2) is 9.37 Å². The standard InChI is InChI=1S/C19H19FN2O4S/c1-23-15-6-5-11(7-13(15)20)14-10-27-19(22-14)21-12-8-16(24-2)18(26-4)17(9-12)25-3/h5-10H,1-4H3,(H,21,22). The van der Waals surface area contributed by atoms with Crippen molar-refractivity contribution in [1.29, 1.82) is 0 Å². The van der Waals surface area contributed by atoms with E-state index in [0.29, 0.717) is 33.6 Å². The normalized spacial score (nSPS) is 10.4. The zero-order valence-corrected chi connectivity index (χ0v) is 16.1. The molecule has 0 fully saturated rings. The smallest absolute Gasteiger partial charge is 0.203 e. The van der Waals surface area contributed by atoms with Gasteiger partial charge in [0.25, 0.3) is 0 Å². The molecule has 0 saturated heterocycles. The second kappa shape index (κ2) is 8.13. The van der Waals surface area contributed by atoms with Crippen LogP contribution in [0.1, 0.15) is 0 Å². The Morgan fingerprint density at radius 2 is 1.56 bits per heavy atom. The maximum absolute atomic E-state index is 13.9. The Morgan fingerprint density at radius 1 is 0.889 bits per heavy atom. The largest absolute Gasteiger partial charge is 0.494 e. The minimum atomic E-state index is -0.429. The lowest BCUT2D eigenvalue weighted by Crippen LogP contribution is -1.97. The van der Waals surface area contributed by atoms with Gasteiger partial charge in [-0.15, -0.1) is 11.3 Å². The van der Waals surface area contributed by atoms with Crippen LogP contribution in [-0.4, -0.2) is 33.4 Å². The van der Waals surface area contributed by atoms with Crippen molar-refractivity contribution in [2.45, 2.75) is 0 Å². The van der Waals surface area contributed by atoms with Crippen molar-refractivity contribution in [2.24, 2.45) is 0 Å². The van der Waals surface area contributed by atoms with Gasteiger partial charge in [0.2, 0.25) is 5.75 Å². The molecule has 2 aromatic carbocycles. The molecule has 0 amide bonds. The highest BCUT2D eigenvalue weighted by atomic mass is 32.1. The van der Waals surface area contributed by atoms with Gasteiger partial charge >= 0.3 is 0 Å². The van der Waals surface area contributed by atoms with E-state index in [4.69, 9.17) is 18.9 Å². The Hall–Kier alpha value is -3.00. The minimum absolute atomic E-state index is 0.199. The third kappa shape index (κ3) is 3.90. The summed E-state index contributed by atoms with van der Waals surface area (Å²) in [6, 6.07) is 8.32. The van der Waals surface area contributed by atoms with Crippen molar-refractivity contribution >= 4 is 22.2 Å². The van der Waals surface area contributed by atoms with E-state index in [1.165, 1.54) is 24.5 Å². The van der Waals surface area contributed by atoms with Crippen LogP contribution in [0.5, 0.6) is 23.0 Å². The molecule has 142 valence electrons. The number of aromatic nitrogens is 1. The molecular formula is C19H19FN2O4S. The lowest BCUT2D eigenvalue weighted by Gasteiger charge is -2.14. The summed E-state index contributed by atoms with van der Waals surface area (Å²) in [7, 11) is 6.09. The van der Waals surface area contributed by atoms with Crippen LogP contribution in [0.15, 0.2) is 35.7 Å².